The number of aromatic amines is 1. The number of sulfonamides is 1. The van der Waals surface area contributed by atoms with E-state index >= 15 is 0 Å². The largest absolute Gasteiger partial charge is 0.345 e. The van der Waals surface area contributed by atoms with Crippen molar-refractivity contribution in [1.82, 2.24) is 19.5 Å². The molecule has 0 atom stereocenters. The summed E-state index contributed by atoms with van der Waals surface area (Å²) in [5, 5.41) is 9.52. The molecular formula is C18H20FN5O2S2. The molecule has 1 aliphatic heterocycles. The zero-order valence-corrected chi connectivity index (χ0v) is 17.1. The maximum absolute atomic E-state index is 13.1. The summed E-state index contributed by atoms with van der Waals surface area (Å²) in [7, 11) is -3.57. The lowest BCUT2D eigenvalue weighted by Gasteiger charge is -2.33. The molecule has 7 nitrogen and oxygen atoms in total. The Morgan fingerprint density at radius 1 is 1.11 bits per heavy atom. The van der Waals surface area contributed by atoms with Crippen molar-refractivity contribution in [3.05, 3.63) is 46.9 Å². The number of nitrogens with zero attached hydrogens (tertiary/aromatic N) is 4. The second kappa shape index (κ2) is 7.26. The van der Waals surface area contributed by atoms with Gasteiger partial charge in [-0.05, 0) is 38.1 Å². The van der Waals surface area contributed by atoms with Gasteiger partial charge in [0.2, 0.25) is 10.0 Å². The maximum Gasteiger partial charge on any atom is 0.246 e. The average Bonchev–Trinajstić information content (AvgIpc) is 3.30. The van der Waals surface area contributed by atoms with Gasteiger partial charge in [-0.2, -0.15) is 9.40 Å². The average molecular weight is 422 g/mol. The number of H-pyrrole nitrogens is 1. The van der Waals surface area contributed by atoms with Crippen molar-refractivity contribution in [3.8, 4) is 11.3 Å². The van der Waals surface area contributed by atoms with Crippen molar-refractivity contribution in [2.45, 2.75) is 18.7 Å². The molecule has 4 rings (SSSR count). The van der Waals surface area contributed by atoms with Crippen LogP contribution < -0.4 is 4.90 Å². The third kappa shape index (κ3) is 3.43. The Balaban J connectivity index is 1.47. The molecule has 10 heteroatoms. The number of rotatable bonds is 4. The van der Waals surface area contributed by atoms with Crippen LogP contribution in [-0.4, -0.2) is 54.1 Å². The van der Waals surface area contributed by atoms with Crippen molar-refractivity contribution < 1.29 is 12.8 Å². The van der Waals surface area contributed by atoms with Crippen LogP contribution >= 0.6 is 11.3 Å². The smallest absolute Gasteiger partial charge is 0.246 e. The van der Waals surface area contributed by atoms with Gasteiger partial charge in [0.1, 0.15) is 10.7 Å². The fourth-order valence-corrected chi connectivity index (χ4v) is 5.97. The molecule has 2 aromatic heterocycles. The molecule has 1 fully saturated rings. The van der Waals surface area contributed by atoms with Gasteiger partial charge < -0.3 is 4.90 Å². The Bertz CT molecular complexity index is 1060. The van der Waals surface area contributed by atoms with E-state index in [1.807, 2.05) is 5.38 Å². The first-order valence-corrected chi connectivity index (χ1v) is 11.2. The quantitative estimate of drug-likeness (QED) is 0.701. The molecule has 1 aliphatic rings. The van der Waals surface area contributed by atoms with Crippen molar-refractivity contribution in [3.63, 3.8) is 0 Å². The van der Waals surface area contributed by atoms with Gasteiger partial charge in [-0.25, -0.2) is 17.8 Å². The first kappa shape index (κ1) is 19.0. The van der Waals surface area contributed by atoms with Crippen LogP contribution in [0.5, 0.6) is 0 Å². The monoisotopic (exact) mass is 421 g/mol. The second-order valence-electron chi connectivity index (χ2n) is 6.68. The lowest BCUT2D eigenvalue weighted by atomic mass is 10.2. The Kier molecular flexibility index (Phi) is 4.94. The molecule has 0 aliphatic carbocycles. The zero-order valence-electron chi connectivity index (χ0n) is 15.5. The van der Waals surface area contributed by atoms with Crippen molar-refractivity contribution in [2.24, 2.45) is 0 Å². The Morgan fingerprint density at radius 2 is 1.79 bits per heavy atom. The van der Waals surface area contributed by atoms with E-state index < -0.39 is 10.0 Å². The van der Waals surface area contributed by atoms with Gasteiger partial charge in [-0.15, -0.1) is 11.3 Å². The van der Waals surface area contributed by atoms with E-state index in [-0.39, 0.29) is 10.7 Å². The van der Waals surface area contributed by atoms with Gasteiger partial charge >= 0.3 is 0 Å². The molecule has 3 aromatic rings. The lowest BCUT2D eigenvalue weighted by molar-refractivity contribution is 0.384. The third-order valence-corrected chi connectivity index (χ3v) is 7.86. The molecular weight excluding hydrogens is 401 g/mol. The van der Waals surface area contributed by atoms with E-state index in [2.05, 4.69) is 20.1 Å². The summed E-state index contributed by atoms with van der Waals surface area (Å²) in [4.78, 5) is 6.99. The van der Waals surface area contributed by atoms with Gasteiger partial charge in [-0.1, -0.05) is 0 Å². The molecule has 1 N–H and O–H groups in total. The number of hydrogen-bond donors (Lipinski definition) is 1. The van der Waals surface area contributed by atoms with Crippen LogP contribution in [0.4, 0.5) is 9.52 Å². The van der Waals surface area contributed by atoms with Crippen molar-refractivity contribution in [1.29, 1.82) is 0 Å². The summed E-state index contributed by atoms with van der Waals surface area (Å²) < 4.78 is 40.5. The molecule has 0 amide bonds. The molecule has 148 valence electrons. The molecule has 28 heavy (non-hydrogen) atoms. The number of nitrogens with one attached hydrogen (secondary N) is 1. The van der Waals surface area contributed by atoms with Crippen LogP contribution in [0.2, 0.25) is 0 Å². The predicted octanol–water partition coefficient (Wildman–Crippen LogP) is 2.80. The molecule has 0 radical (unpaired) electrons. The van der Waals surface area contributed by atoms with Crippen molar-refractivity contribution >= 4 is 26.5 Å². The van der Waals surface area contributed by atoms with Crippen LogP contribution in [0, 0.1) is 19.7 Å². The van der Waals surface area contributed by atoms with Gasteiger partial charge in [0.25, 0.3) is 0 Å². The minimum atomic E-state index is -3.57. The van der Waals surface area contributed by atoms with E-state index in [9.17, 15) is 12.8 Å². The highest BCUT2D eigenvalue weighted by molar-refractivity contribution is 7.89. The van der Waals surface area contributed by atoms with Crippen LogP contribution in [0.1, 0.15) is 11.4 Å². The number of aryl methyl sites for hydroxylation is 2. The molecule has 0 unspecified atom stereocenters. The molecule has 1 saturated heterocycles. The van der Waals surface area contributed by atoms with E-state index in [0.29, 0.717) is 37.6 Å². The van der Waals surface area contributed by atoms with Crippen LogP contribution in [0.15, 0.2) is 34.5 Å². The normalized spacial score (nSPS) is 15.9. The number of benzene rings is 1. The summed E-state index contributed by atoms with van der Waals surface area (Å²) in [6, 6.07) is 6.23. The van der Waals surface area contributed by atoms with Crippen LogP contribution in [0.3, 0.4) is 0 Å². The topological polar surface area (TPSA) is 82.2 Å². The van der Waals surface area contributed by atoms with E-state index in [4.69, 9.17) is 0 Å². The fraction of sp³-hybridized carbons (Fsp3) is 0.333. The zero-order chi connectivity index (χ0) is 19.9. The number of aromatic nitrogens is 3. The molecule has 0 spiro atoms. The Labute approximate surface area is 166 Å². The number of halogens is 1. The second-order valence-corrected chi connectivity index (χ2v) is 9.39. The highest BCUT2D eigenvalue weighted by atomic mass is 32.2. The maximum atomic E-state index is 13.1. The fourth-order valence-electron chi connectivity index (χ4n) is 3.33. The molecule has 0 saturated carbocycles. The third-order valence-electron chi connectivity index (χ3n) is 4.80. The summed E-state index contributed by atoms with van der Waals surface area (Å²) >= 11 is 1.50. The number of anilines is 1. The Hall–Kier alpha value is -2.30. The molecule has 0 bridgehead atoms. The lowest BCUT2D eigenvalue weighted by Crippen LogP contribution is -2.48. The Morgan fingerprint density at radius 3 is 2.39 bits per heavy atom. The summed E-state index contributed by atoms with van der Waals surface area (Å²) in [6.45, 7) is 5.31. The van der Waals surface area contributed by atoms with Crippen molar-refractivity contribution in [2.75, 3.05) is 31.1 Å². The van der Waals surface area contributed by atoms with Gasteiger partial charge in [0, 0.05) is 37.1 Å². The van der Waals surface area contributed by atoms with Crippen LogP contribution in [-0.2, 0) is 10.0 Å². The van der Waals surface area contributed by atoms with E-state index in [1.165, 1.54) is 27.8 Å². The molecule has 1 aromatic carbocycles. The molecule has 3 heterocycles. The summed E-state index contributed by atoms with van der Waals surface area (Å²) in [5.74, 6) is -0.278. The standard InChI is InChI=1S/C18H20FN5O2S2/c1-12-17(13(2)22-21-12)28(25,26)24-9-7-23(8-10-24)18-20-16(11-27-18)14-3-5-15(19)6-4-14/h3-6,11H,7-10H2,1-2H3,(H,21,22). The first-order valence-electron chi connectivity index (χ1n) is 8.84. The summed E-state index contributed by atoms with van der Waals surface area (Å²) in [5.41, 5.74) is 2.70. The first-order chi connectivity index (χ1) is 13.4. The van der Waals surface area contributed by atoms with Gasteiger partial charge in [-0.3, -0.25) is 5.10 Å². The minimum Gasteiger partial charge on any atom is -0.345 e. The highest BCUT2D eigenvalue weighted by Crippen LogP contribution is 2.29. The number of piperazine rings is 1. The van der Waals surface area contributed by atoms with Gasteiger partial charge in [0.15, 0.2) is 5.13 Å². The van der Waals surface area contributed by atoms with E-state index in [1.54, 1.807) is 26.0 Å². The van der Waals surface area contributed by atoms with Gasteiger partial charge in [0.05, 0.1) is 17.1 Å². The predicted molar refractivity (Wildman–Crippen MR) is 107 cm³/mol. The SMILES string of the molecule is Cc1n[nH]c(C)c1S(=O)(=O)N1CCN(c2nc(-c3ccc(F)cc3)cs2)CC1. The number of thiazole rings is 1. The minimum absolute atomic E-state index is 0.272. The van der Waals surface area contributed by atoms with E-state index in [0.717, 1.165) is 16.4 Å². The highest BCUT2D eigenvalue weighted by Gasteiger charge is 2.32. The summed E-state index contributed by atoms with van der Waals surface area (Å²) in [6.07, 6.45) is 0. The number of hydrogen-bond acceptors (Lipinski definition) is 6. The van der Waals surface area contributed by atoms with Crippen LogP contribution in [0.25, 0.3) is 11.3 Å².